The fourth-order valence-electron chi connectivity index (χ4n) is 2.43. The number of rotatable bonds is 4. The first-order chi connectivity index (χ1) is 11.5. The molecule has 0 aliphatic rings. The molecule has 0 atom stereocenters. The van der Waals surface area contributed by atoms with Crippen LogP contribution in [-0.4, -0.2) is 29.7 Å². The van der Waals surface area contributed by atoms with E-state index in [0.717, 1.165) is 11.3 Å². The highest BCUT2D eigenvalue weighted by atomic mass is 35.5. The first kappa shape index (κ1) is 16.6. The van der Waals surface area contributed by atoms with Crippen LogP contribution in [0.3, 0.4) is 0 Å². The molecule has 0 radical (unpaired) electrons. The van der Waals surface area contributed by atoms with Crippen LogP contribution in [0.4, 0.5) is 0 Å². The van der Waals surface area contributed by atoms with Crippen LogP contribution in [0.25, 0.3) is 22.4 Å². The smallest absolute Gasteiger partial charge is 0.325 e. The van der Waals surface area contributed by atoms with Crippen LogP contribution in [0, 0.1) is 0 Å². The highest BCUT2D eigenvalue weighted by Gasteiger charge is 2.17. The monoisotopic (exact) mass is 364 g/mol. The van der Waals surface area contributed by atoms with Gasteiger partial charge in [0.05, 0.1) is 35.3 Å². The molecule has 124 valence electrons. The number of benzene rings is 2. The number of fused-ring (bicyclic) bond motifs is 1. The van der Waals surface area contributed by atoms with E-state index < -0.39 is 0 Å². The molecule has 0 aliphatic heterocycles. The van der Waals surface area contributed by atoms with E-state index in [0.29, 0.717) is 26.9 Å². The van der Waals surface area contributed by atoms with Gasteiger partial charge in [0.1, 0.15) is 18.1 Å². The molecule has 0 saturated carbocycles. The lowest BCUT2D eigenvalue weighted by Gasteiger charge is -2.09. The van der Waals surface area contributed by atoms with Crippen molar-refractivity contribution in [1.82, 2.24) is 9.55 Å². The molecule has 5 nitrogen and oxygen atoms in total. The van der Waals surface area contributed by atoms with E-state index >= 15 is 0 Å². The van der Waals surface area contributed by atoms with Crippen molar-refractivity contribution in [3.63, 3.8) is 0 Å². The van der Waals surface area contributed by atoms with Gasteiger partial charge in [0.25, 0.3) is 0 Å². The molecule has 3 aromatic rings. The maximum absolute atomic E-state index is 11.8. The summed E-state index contributed by atoms with van der Waals surface area (Å²) in [6.45, 7) is 0.0202. The fraction of sp³-hybridized carbons (Fsp3) is 0.176. The molecule has 24 heavy (non-hydrogen) atoms. The van der Waals surface area contributed by atoms with Crippen LogP contribution in [0.15, 0.2) is 36.4 Å². The molecule has 2 aromatic carbocycles. The molecule has 0 spiro atoms. The lowest BCUT2D eigenvalue weighted by atomic mass is 10.2. The molecule has 0 aliphatic carbocycles. The summed E-state index contributed by atoms with van der Waals surface area (Å²) in [6.07, 6.45) is 0. The third-order valence-corrected chi connectivity index (χ3v) is 4.38. The highest BCUT2D eigenvalue weighted by Crippen LogP contribution is 2.32. The normalized spacial score (nSPS) is 10.8. The molecule has 1 heterocycles. The summed E-state index contributed by atoms with van der Waals surface area (Å²) < 4.78 is 11.7. The molecule has 7 heteroatoms. The number of nitrogens with zero attached hydrogens (tertiary/aromatic N) is 2. The van der Waals surface area contributed by atoms with Crippen LogP contribution in [0.5, 0.6) is 5.75 Å². The number of imidazole rings is 1. The largest absolute Gasteiger partial charge is 0.497 e. The fourth-order valence-corrected chi connectivity index (χ4v) is 2.75. The summed E-state index contributed by atoms with van der Waals surface area (Å²) in [6, 6.07) is 10.8. The molecule has 0 fully saturated rings. The van der Waals surface area contributed by atoms with E-state index in [1.165, 1.54) is 7.11 Å². The standard InChI is InChI=1S/C17H14Cl2N2O3/c1-23-11-5-3-10(4-6-11)17-20-14-7-12(18)13(19)8-15(14)21(17)9-16(22)24-2/h3-8H,9H2,1-2H3. The van der Waals surface area contributed by atoms with Crippen LogP contribution < -0.4 is 4.74 Å². The Balaban J connectivity index is 2.20. The predicted octanol–water partition coefficient (Wildman–Crippen LogP) is 4.19. The molecule has 0 saturated heterocycles. The van der Waals surface area contributed by atoms with Gasteiger partial charge in [0.15, 0.2) is 0 Å². The number of halogens is 2. The van der Waals surface area contributed by atoms with Crippen LogP contribution in [-0.2, 0) is 16.1 Å². The van der Waals surface area contributed by atoms with Gasteiger partial charge < -0.3 is 14.0 Å². The summed E-state index contributed by atoms with van der Waals surface area (Å²) in [7, 11) is 2.95. The lowest BCUT2D eigenvalue weighted by molar-refractivity contribution is -0.141. The zero-order valence-corrected chi connectivity index (χ0v) is 14.6. The Bertz CT molecular complexity index is 904. The zero-order valence-electron chi connectivity index (χ0n) is 13.0. The van der Waals surface area contributed by atoms with Gasteiger partial charge in [-0.25, -0.2) is 4.98 Å². The van der Waals surface area contributed by atoms with Gasteiger partial charge in [-0.15, -0.1) is 0 Å². The molecule has 3 rings (SSSR count). The minimum absolute atomic E-state index is 0.0202. The van der Waals surface area contributed by atoms with Gasteiger partial charge in [-0.1, -0.05) is 23.2 Å². The summed E-state index contributed by atoms with van der Waals surface area (Å²) >= 11 is 12.2. The number of carbonyl (C=O) groups is 1. The average Bonchev–Trinajstić information content (AvgIpc) is 2.93. The maximum Gasteiger partial charge on any atom is 0.325 e. The van der Waals surface area contributed by atoms with E-state index in [1.54, 1.807) is 23.8 Å². The molecule has 0 unspecified atom stereocenters. The van der Waals surface area contributed by atoms with E-state index in [2.05, 4.69) is 4.98 Å². The third kappa shape index (κ3) is 3.05. The predicted molar refractivity (Wildman–Crippen MR) is 93.8 cm³/mol. The number of ether oxygens (including phenoxy) is 2. The second-order valence-corrected chi connectivity index (χ2v) is 5.90. The first-order valence-corrected chi connectivity index (χ1v) is 7.85. The Kier molecular flexibility index (Phi) is 4.64. The number of hydrogen-bond donors (Lipinski definition) is 0. The minimum Gasteiger partial charge on any atom is -0.497 e. The quantitative estimate of drug-likeness (QED) is 0.651. The molecular formula is C17H14Cl2N2O3. The van der Waals surface area contributed by atoms with E-state index in [1.807, 2.05) is 24.3 Å². The Hall–Kier alpha value is -2.24. The van der Waals surface area contributed by atoms with Crippen molar-refractivity contribution in [2.45, 2.75) is 6.54 Å². The second kappa shape index (κ2) is 6.71. The van der Waals surface area contributed by atoms with E-state index in [4.69, 9.17) is 32.7 Å². The summed E-state index contributed by atoms with van der Waals surface area (Å²) in [5.41, 5.74) is 2.20. The lowest BCUT2D eigenvalue weighted by Crippen LogP contribution is -2.12. The van der Waals surface area contributed by atoms with E-state index in [-0.39, 0.29) is 12.5 Å². The summed E-state index contributed by atoms with van der Waals surface area (Å²) in [5, 5.41) is 0.810. The topological polar surface area (TPSA) is 53.4 Å². The Labute approximate surface area is 148 Å². The SMILES string of the molecule is COC(=O)Cn1c(-c2ccc(OC)cc2)nc2cc(Cl)c(Cl)cc21. The van der Waals surface area contributed by atoms with E-state index in [9.17, 15) is 4.79 Å². The molecular weight excluding hydrogens is 351 g/mol. The summed E-state index contributed by atoms with van der Waals surface area (Å²) in [5.74, 6) is 0.979. The van der Waals surface area contributed by atoms with Crippen molar-refractivity contribution in [3.05, 3.63) is 46.4 Å². The molecule has 0 amide bonds. The summed E-state index contributed by atoms with van der Waals surface area (Å²) in [4.78, 5) is 16.4. The number of esters is 1. The second-order valence-electron chi connectivity index (χ2n) is 5.08. The zero-order chi connectivity index (χ0) is 17.3. The van der Waals surface area contributed by atoms with Gasteiger partial charge in [0, 0.05) is 5.56 Å². The highest BCUT2D eigenvalue weighted by molar-refractivity contribution is 6.42. The van der Waals surface area contributed by atoms with Crippen molar-refractivity contribution in [2.24, 2.45) is 0 Å². The van der Waals surface area contributed by atoms with Gasteiger partial charge in [-0.2, -0.15) is 0 Å². The first-order valence-electron chi connectivity index (χ1n) is 7.10. The average molecular weight is 365 g/mol. The maximum atomic E-state index is 11.8. The Morgan fingerprint density at radius 2 is 1.79 bits per heavy atom. The van der Waals surface area contributed by atoms with Crippen molar-refractivity contribution >= 4 is 40.2 Å². The van der Waals surface area contributed by atoms with Crippen LogP contribution >= 0.6 is 23.2 Å². The minimum atomic E-state index is -0.380. The molecule has 0 bridgehead atoms. The van der Waals surface area contributed by atoms with Gasteiger partial charge in [0.2, 0.25) is 0 Å². The van der Waals surface area contributed by atoms with Crippen LogP contribution in [0.2, 0.25) is 10.0 Å². The molecule has 1 aromatic heterocycles. The van der Waals surface area contributed by atoms with Gasteiger partial charge in [-0.05, 0) is 36.4 Å². The van der Waals surface area contributed by atoms with Gasteiger partial charge in [-0.3, -0.25) is 4.79 Å². The van der Waals surface area contributed by atoms with Crippen LogP contribution in [0.1, 0.15) is 0 Å². The van der Waals surface area contributed by atoms with Crippen molar-refractivity contribution in [2.75, 3.05) is 14.2 Å². The number of methoxy groups -OCH3 is 2. The Morgan fingerprint density at radius 1 is 1.12 bits per heavy atom. The number of carbonyl (C=O) groups excluding carboxylic acids is 1. The Morgan fingerprint density at radius 3 is 2.42 bits per heavy atom. The number of hydrogen-bond acceptors (Lipinski definition) is 4. The number of aromatic nitrogens is 2. The third-order valence-electron chi connectivity index (χ3n) is 3.65. The van der Waals surface area contributed by atoms with Gasteiger partial charge >= 0.3 is 5.97 Å². The van der Waals surface area contributed by atoms with Crippen molar-refractivity contribution in [1.29, 1.82) is 0 Å². The molecule has 0 N–H and O–H groups in total. The van der Waals surface area contributed by atoms with Crippen molar-refractivity contribution < 1.29 is 14.3 Å². The van der Waals surface area contributed by atoms with Crippen molar-refractivity contribution in [3.8, 4) is 17.1 Å².